The number of anilines is 1. The molecule has 2 heteroatoms. The molecule has 2 nitrogen and oxygen atoms in total. The topological polar surface area (TPSA) is 24.9 Å². The first-order valence-corrected chi connectivity index (χ1v) is 5.78. The molecule has 0 amide bonds. The van der Waals surface area contributed by atoms with Crippen LogP contribution in [0.3, 0.4) is 0 Å². The smallest absolute Gasteiger partial charge is 0.0437 e. The predicted molar refractivity (Wildman–Crippen MR) is 69.7 cm³/mol. The van der Waals surface area contributed by atoms with Crippen LogP contribution in [-0.4, -0.2) is 11.0 Å². The Labute approximate surface area is 96.7 Å². The van der Waals surface area contributed by atoms with Crippen LogP contribution in [0.2, 0.25) is 0 Å². The lowest BCUT2D eigenvalue weighted by molar-refractivity contribution is 0.560. The third-order valence-electron chi connectivity index (χ3n) is 3.07. The Hall–Kier alpha value is -1.57. The van der Waals surface area contributed by atoms with Gasteiger partial charge >= 0.3 is 0 Å². The second kappa shape index (κ2) is 4.52. The Balaban J connectivity index is 2.37. The zero-order valence-electron chi connectivity index (χ0n) is 10.1. The summed E-state index contributed by atoms with van der Waals surface area (Å²) in [6, 6.07) is 8.81. The molecule has 1 heterocycles. The molecule has 16 heavy (non-hydrogen) atoms. The SMILES string of the molecule is CC(C)C(C)Nc1cccc2ccncc12. The largest absolute Gasteiger partial charge is 0.382 e. The minimum atomic E-state index is 0.464. The third kappa shape index (κ3) is 2.16. The van der Waals surface area contributed by atoms with E-state index in [0.29, 0.717) is 12.0 Å². The van der Waals surface area contributed by atoms with E-state index in [2.05, 4.69) is 49.3 Å². The fraction of sp³-hybridized carbons (Fsp3) is 0.357. The van der Waals surface area contributed by atoms with Crippen LogP contribution in [0.5, 0.6) is 0 Å². The van der Waals surface area contributed by atoms with E-state index in [9.17, 15) is 0 Å². The molecule has 0 spiro atoms. The minimum Gasteiger partial charge on any atom is -0.382 e. The van der Waals surface area contributed by atoms with Crippen LogP contribution in [0.15, 0.2) is 36.7 Å². The summed E-state index contributed by atoms with van der Waals surface area (Å²) in [5.74, 6) is 0.618. The minimum absolute atomic E-state index is 0.464. The van der Waals surface area contributed by atoms with Gasteiger partial charge < -0.3 is 5.32 Å². The summed E-state index contributed by atoms with van der Waals surface area (Å²) in [4.78, 5) is 4.19. The van der Waals surface area contributed by atoms with Gasteiger partial charge in [0.15, 0.2) is 0 Å². The van der Waals surface area contributed by atoms with E-state index < -0.39 is 0 Å². The van der Waals surface area contributed by atoms with Crippen molar-refractivity contribution in [2.24, 2.45) is 5.92 Å². The Bertz CT molecular complexity index is 472. The van der Waals surface area contributed by atoms with E-state index in [0.717, 1.165) is 0 Å². The van der Waals surface area contributed by atoms with E-state index in [1.807, 2.05) is 18.5 Å². The number of hydrogen-bond donors (Lipinski definition) is 1. The zero-order valence-corrected chi connectivity index (χ0v) is 10.1. The number of hydrogen-bond acceptors (Lipinski definition) is 2. The Morgan fingerprint density at radius 1 is 1.12 bits per heavy atom. The molecule has 0 bridgehead atoms. The van der Waals surface area contributed by atoms with E-state index >= 15 is 0 Å². The van der Waals surface area contributed by atoms with Crippen molar-refractivity contribution in [3.63, 3.8) is 0 Å². The van der Waals surface area contributed by atoms with Crippen molar-refractivity contribution in [3.05, 3.63) is 36.7 Å². The first-order valence-electron chi connectivity index (χ1n) is 5.78. The van der Waals surface area contributed by atoms with E-state index in [-0.39, 0.29) is 0 Å². The second-order valence-corrected chi connectivity index (χ2v) is 4.58. The standard InChI is InChI=1S/C14H18N2/c1-10(2)11(3)16-14-6-4-5-12-7-8-15-9-13(12)14/h4-11,16H,1-3H3. The fourth-order valence-corrected chi connectivity index (χ4v) is 1.65. The van der Waals surface area contributed by atoms with Gasteiger partial charge in [-0.25, -0.2) is 0 Å². The molecule has 0 aliphatic rings. The van der Waals surface area contributed by atoms with Crippen molar-refractivity contribution >= 4 is 16.5 Å². The molecule has 84 valence electrons. The molecule has 0 radical (unpaired) electrons. The lowest BCUT2D eigenvalue weighted by Gasteiger charge is -2.19. The van der Waals surface area contributed by atoms with Crippen LogP contribution in [0, 0.1) is 5.92 Å². The van der Waals surface area contributed by atoms with Crippen molar-refractivity contribution in [2.45, 2.75) is 26.8 Å². The number of benzene rings is 1. The van der Waals surface area contributed by atoms with Crippen molar-refractivity contribution in [1.82, 2.24) is 4.98 Å². The number of nitrogens with zero attached hydrogens (tertiary/aromatic N) is 1. The van der Waals surface area contributed by atoms with E-state index in [4.69, 9.17) is 0 Å². The molecule has 1 N–H and O–H groups in total. The van der Waals surface area contributed by atoms with Crippen molar-refractivity contribution in [2.75, 3.05) is 5.32 Å². The van der Waals surface area contributed by atoms with E-state index in [1.54, 1.807) is 0 Å². The quantitative estimate of drug-likeness (QED) is 0.842. The summed E-state index contributed by atoms with van der Waals surface area (Å²) in [6.45, 7) is 6.65. The Kier molecular flexibility index (Phi) is 3.09. The Morgan fingerprint density at radius 3 is 2.69 bits per heavy atom. The van der Waals surface area contributed by atoms with Gasteiger partial charge in [0, 0.05) is 29.5 Å². The normalized spacial score (nSPS) is 13.0. The molecular weight excluding hydrogens is 196 g/mol. The highest BCUT2D eigenvalue weighted by atomic mass is 14.9. The molecule has 0 saturated carbocycles. The van der Waals surface area contributed by atoms with Crippen LogP contribution >= 0.6 is 0 Å². The highest BCUT2D eigenvalue weighted by Crippen LogP contribution is 2.23. The van der Waals surface area contributed by atoms with Crippen LogP contribution in [0.4, 0.5) is 5.69 Å². The summed E-state index contributed by atoms with van der Waals surface area (Å²) in [5, 5.41) is 5.97. The molecule has 0 aliphatic heterocycles. The van der Waals surface area contributed by atoms with Gasteiger partial charge in [-0.05, 0) is 30.4 Å². The maximum atomic E-state index is 4.19. The second-order valence-electron chi connectivity index (χ2n) is 4.58. The van der Waals surface area contributed by atoms with Gasteiger partial charge in [0.2, 0.25) is 0 Å². The number of rotatable bonds is 3. The highest BCUT2D eigenvalue weighted by molar-refractivity contribution is 5.93. The summed E-state index contributed by atoms with van der Waals surface area (Å²) < 4.78 is 0. The van der Waals surface area contributed by atoms with Crippen LogP contribution in [0.1, 0.15) is 20.8 Å². The molecule has 1 unspecified atom stereocenters. The summed E-state index contributed by atoms with van der Waals surface area (Å²) in [7, 11) is 0. The van der Waals surface area contributed by atoms with Gasteiger partial charge in [0.05, 0.1) is 0 Å². The van der Waals surface area contributed by atoms with Gasteiger partial charge in [0.25, 0.3) is 0 Å². The fourth-order valence-electron chi connectivity index (χ4n) is 1.65. The Morgan fingerprint density at radius 2 is 1.94 bits per heavy atom. The van der Waals surface area contributed by atoms with Gasteiger partial charge in [0.1, 0.15) is 0 Å². The first-order chi connectivity index (χ1) is 7.68. The van der Waals surface area contributed by atoms with Crippen molar-refractivity contribution in [1.29, 1.82) is 0 Å². The van der Waals surface area contributed by atoms with Gasteiger partial charge in [-0.15, -0.1) is 0 Å². The van der Waals surface area contributed by atoms with Crippen LogP contribution in [0.25, 0.3) is 10.8 Å². The number of aromatic nitrogens is 1. The summed E-state index contributed by atoms with van der Waals surface area (Å²) >= 11 is 0. The lowest BCUT2D eigenvalue weighted by atomic mass is 10.1. The van der Waals surface area contributed by atoms with Crippen molar-refractivity contribution < 1.29 is 0 Å². The molecule has 0 saturated heterocycles. The lowest BCUT2D eigenvalue weighted by Crippen LogP contribution is -2.21. The van der Waals surface area contributed by atoms with E-state index in [1.165, 1.54) is 16.5 Å². The molecule has 0 aliphatic carbocycles. The van der Waals surface area contributed by atoms with Gasteiger partial charge in [-0.1, -0.05) is 26.0 Å². The maximum absolute atomic E-state index is 4.19. The maximum Gasteiger partial charge on any atom is 0.0437 e. The zero-order chi connectivity index (χ0) is 11.5. The first kappa shape index (κ1) is 10.9. The molecule has 1 atom stereocenters. The average Bonchev–Trinajstić information content (AvgIpc) is 2.29. The predicted octanol–water partition coefficient (Wildman–Crippen LogP) is 3.69. The molecule has 1 aromatic heterocycles. The molecule has 2 rings (SSSR count). The molecule has 1 aromatic carbocycles. The van der Waals surface area contributed by atoms with Crippen molar-refractivity contribution in [3.8, 4) is 0 Å². The van der Waals surface area contributed by atoms with Gasteiger partial charge in [-0.3, -0.25) is 4.98 Å². The molecule has 2 aromatic rings. The van der Waals surface area contributed by atoms with Crippen LogP contribution in [-0.2, 0) is 0 Å². The number of nitrogens with one attached hydrogen (secondary N) is 1. The molecular formula is C14H18N2. The monoisotopic (exact) mass is 214 g/mol. The number of pyridine rings is 1. The average molecular weight is 214 g/mol. The summed E-state index contributed by atoms with van der Waals surface area (Å²) in [5.41, 5.74) is 1.17. The highest BCUT2D eigenvalue weighted by Gasteiger charge is 2.08. The van der Waals surface area contributed by atoms with Gasteiger partial charge in [-0.2, -0.15) is 0 Å². The summed E-state index contributed by atoms with van der Waals surface area (Å²) in [6.07, 6.45) is 3.75. The van der Waals surface area contributed by atoms with Crippen LogP contribution < -0.4 is 5.32 Å². The number of fused-ring (bicyclic) bond motifs is 1. The molecule has 0 fully saturated rings. The third-order valence-corrected chi connectivity index (χ3v) is 3.07.